The molecule has 0 aliphatic rings. The Hall–Kier alpha value is -1.77. The highest BCUT2D eigenvalue weighted by Crippen LogP contribution is 2.21. The Bertz CT molecular complexity index is 584. The van der Waals surface area contributed by atoms with Crippen LogP contribution in [0.2, 0.25) is 5.02 Å². The Kier molecular flexibility index (Phi) is 7.34. The molecule has 1 aromatic carbocycles. The summed E-state index contributed by atoms with van der Waals surface area (Å²) in [6.07, 6.45) is 0.897. The summed E-state index contributed by atoms with van der Waals surface area (Å²) in [5.41, 5.74) is 0.0738. The second-order valence-electron chi connectivity index (χ2n) is 6.09. The lowest BCUT2D eigenvalue weighted by Gasteiger charge is -2.26. The van der Waals surface area contributed by atoms with Crippen LogP contribution in [0.1, 0.15) is 25.3 Å². The van der Waals surface area contributed by atoms with Crippen molar-refractivity contribution >= 4 is 17.5 Å². The first-order valence-corrected chi connectivity index (χ1v) is 7.89. The summed E-state index contributed by atoms with van der Waals surface area (Å²) in [7, 11) is 3.73. The molecule has 0 saturated carbocycles. The molecule has 1 N–H and O–H groups in total. The number of halogens is 1. The SMILES string of the molecule is Cc1cc(OCCCC(=O)NC(C)(C#N)CN(C)C)ccc1Cl. The fourth-order valence-electron chi connectivity index (χ4n) is 2.24. The summed E-state index contributed by atoms with van der Waals surface area (Å²) in [6.45, 7) is 4.54. The van der Waals surface area contributed by atoms with Crippen LogP contribution in [0.3, 0.4) is 0 Å². The number of aryl methyl sites for hydroxylation is 1. The highest BCUT2D eigenvalue weighted by molar-refractivity contribution is 6.31. The zero-order valence-electron chi connectivity index (χ0n) is 14.1. The smallest absolute Gasteiger partial charge is 0.221 e. The fraction of sp³-hybridized carbons (Fsp3) is 0.529. The van der Waals surface area contributed by atoms with Crippen molar-refractivity contribution in [1.29, 1.82) is 5.26 Å². The van der Waals surface area contributed by atoms with Gasteiger partial charge in [-0.1, -0.05) is 11.6 Å². The molecule has 0 radical (unpaired) electrons. The number of benzene rings is 1. The van der Waals surface area contributed by atoms with E-state index in [0.717, 1.165) is 11.3 Å². The summed E-state index contributed by atoms with van der Waals surface area (Å²) in [4.78, 5) is 13.8. The molecule has 0 fully saturated rings. The number of carbonyl (C=O) groups is 1. The molecule has 126 valence electrons. The third-order valence-corrected chi connectivity index (χ3v) is 3.66. The van der Waals surface area contributed by atoms with Gasteiger partial charge in [-0.25, -0.2) is 0 Å². The molecular formula is C17H24ClN3O2. The number of likely N-dealkylation sites (N-methyl/N-ethyl adjacent to an activating group) is 1. The van der Waals surface area contributed by atoms with Gasteiger partial charge < -0.3 is 15.0 Å². The van der Waals surface area contributed by atoms with Crippen LogP contribution < -0.4 is 10.1 Å². The highest BCUT2D eigenvalue weighted by Gasteiger charge is 2.26. The highest BCUT2D eigenvalue weighted by atomic mass is 35.5. The lowest BCUT2D eigenvalue weighted by Crippen LogP contribution is -2.51. The van der Waals surface area contributed by atoms with Gasteiger partial charge in [0.15, 0.2) is 0 Å². The number of nitriles is 1. The van der Waals surface area contributed by atoms with E-state index in [9.17, 15) is 10.1 Å². The molecule has 0 heterocycles. The Morgan fingerprint density at radius 3 is 2.74 bits per heavy atom. The van der Waals surface area contributed by atoms with Gasteiger partial charge in [0.1, 0.15) is 11.3 Å². The van der Waals surface area contributed by atoms with E-state index < -0.39 is 5.54 Å². The van der Waals surface area contributed by atoms with Crippen LogP contribution in [0.15, 0.2) is 18.2 Å². The summed E-state index contributed by atoms with van der Waals surface area (Å²) >= 11 is 5.96. The minimum Gasteiger partial charge on any atom is -0.494 e. The summed E-state index contributed by atoms with van der Waals surface area (Å²) in [5, 5.41) is 12.7. The second-order valence-corrected chi connectivity index (χ2v) is 6.50. The van der Waals surface area contributed by atoms with Crippen molar-refractivity contribution in [1.82, 2.24) is 10.2 Å². The quantitative estimate of drug-likeness (QED) is 0.741. The Morgan fingerprint density at radius 2 is 2.17 bits per heavy atom. The van der Waals surface area contributed by atoms with Crippen molar-refractivity contribution in [3.8, 4) is 11.8 Å². The van der Waals surface area contributed by atoms with Crippen LogP contribution in [0, 0.1) is 18.3 Å². The monoisotopic (exact) mass is 337 g/mol. The normalized spacial score (nSPS) is 13.3. The third-order valence-electron chi connectivity index (χ3n) is 3.24. The predicted molar refractivity (Wildman–Crippen MR) is 91.6 cm³/mol. The average molecular weight is 338 g/mol. The molecule has 0 aromatic heterocycles. The number of rotatable bonds is 8. The number of ether oxygens (including phenoxy) is 1. The first-order chi connectivity index (χ1) is 10.8. The minimum absolute atomic E-state index is 0.146. The molecule has 0 saturated heterocycles. The second kappa shape index (κ2) is 8.76. The lowest BCUT2D eigenvalue weighted by atomic mass is 10.0. The average Bonchev–Trinajstić information content (AvgIpc) is 2.46. The van der Waals surface area contributed by atoms with Crippen LogP contribution in [0.4, 0.5) is 0 Å². The molecule has 5 nitrogen and oxygen atoms in total. The molecule has 0 aliphatic carbocycles. The molecule has 6 heteroatoms. The van der Waals surface area contributed by atoms with E-state index in [1.54, 1.807) is 19.1 Å². The summed E-state index contributed by atoms with van der Waals surface area (Å²) < 4.78 is 5.60. The molecule has 0 bridgehead atoms. The maximum Gasteiger partial charge on any atom is 0.221 e. The van der Waals surface area contributed by atoms with Crippen LogP contribution in [0.5, 0.6) is 5.75 Å². The van der Waals surface area contributed by atoms with E-state index in [2.05, 4.69) is 11.4 Å². The Balaban J connectivity index is 2.36. The van der Waals surface area contributed by atoms with Crippen molar-refractivity contribution in [2.24, 2.45) is 0 Å². The number of hydrogen-bond donors (Lipinski definition) is 1. The molecule has 1 rings (SSSR count). The van der Waals surface area contributed by atoms with Gasteiger partial charge >= 0.3 is 0 Å². The number of carbonyl (C=O) groups excluding carboxylic acids is 1. The van der Waals surface area contributed by atoms with Gasteiger partial charge in [-0.05, 0) is 58.1 Å². The van der Waals surface area contributed by atoms with E-state index in [1.807, 2.05) is 32.0 Å². The van der Waals surface area contributed by atoms with Gasteiger partial charge in [-0.2, -0.15) is 5.26 Å². The number of nitrogens with one attached hydrogen (secondary N) is 1. The molecule has 1 atom stereocenters. The van der Waals surface area contributed by atoms with Crippen LogP contribution in [0.25, 0.3) is 0 Å². The van der Waals surface area contributed by atoms with Gasteiger partial charge in [-0.3, -0.25) is 4.79 Å². The molecule has 0 spiro atoms. The van der Waals surface area contributed by atoms with Gasteiger partial charge in [-0.15, -0.1) is 0 Å². The Labute approximate surface area is 143 Å². The molecule has 1 amide bonds. The summed E-state index contributed by atoms with van der Waals surface area (Å²) in [6, 6.07) is 7.61. The van der Waals surface area contributed by atoms with Gasteiger partial charge in [0.05, 0.1) is 12.7 Å². The van der Waals surface area contributed by atoms with E-state index in [0.29, 0.717) is 31.0 Å². The van der Waals surface area contributed by atoms with Crippen molar-refractivity contribution in [2.45, 2.75) is 32.2 Å². The molecule has 23 heavy (non-hydrogen) atoms. The van der Waals surface area contributed by atoms with E-state index in [-0.39, 0.29) is 5.91 Å². The van der Waals surface area contributed by atoms with Crippen LogP contribution in [-0.4, -0.2) is 43.6 Å². The third kappa shape index (κ3) is 6.89. The van der Waals surface area contributed by atoms with Gasteiger partial charge in [0.25, 0.3) is 0 Å². The first-order valence-electron chi connectivity index (χ1n) is 7.52. The van der Waals surface area contributed by atoms with Gasteiger partial charge in [0, 0.05) is 18.0 Å². The van der Waals surface area contributed by atoms with Crippen LogP contribution in [-0.2, 0) is 4.79 Å². The van der Waals surface area contributed by atoms with E-state index in [4.69, 9.17) is 16.3 Å². The Morgan fingerprint density at radius 1 is 1.48 bits per heavy atom. The molecular weight excluding hydrogens is 314 g/mol. The minimum atomic E-state index is -0.880. The topological polar surface area (TPSA) is 65.4 Å². The van der Waals surface area contributed by atoms with Crippen molar-refractivity contribution in [2.75, 3.05) is 27.2 Å². The predicted octanol–water partition coefficient (Wildman–Crippen LogP) is 2.77. The van der Waals surface area contributed by atoms with Crippen LogP contribution >= 0.6 is 11.6 Å². The fourth-order valence-corrected chi connectivity index (χ4v) is 2.35. The lowest BCUT2D eigenvalue weighted by molar-refractivity contribution is -0.122. The molecule has 1 aromatic rings. The first kappa shape index (κ1) is 19.3. The van der Waals surface area contributed by atoms with Crippen molar-refractivity contribution in [3.05, 3.63) is 28.8 Å². The maximum absolute atomic E-state index is 12.0. The zero-order chi connectivity index (χ0) is 17.5. The summed E-state index contributed by atoms with van der Waals surface area (Å²) in [5.74, 6) is 0.591. The van der Waals surface area contributed by atoms with E-state index in [1.165, 1.54) is 0 Å². The van der Waals surface area contributed by atoms with Crippen molar-refractivity contribution in [3.63, 3.8) is 0 Å². The molecule has 0 aliphatic heterocycles. The zero-order valence-corrected chi connectivity index (χ0v) is 14.9. The van der Waals surface area contributed by atoms with Gasteiger partial charge in [0.2, 0.25) is 5.91 Å². The largest absolute Gasteiger partial charge is 0.494 e. The molecule has 1 unspecified atom stereocenters. The standard InChI is InChI=1S/C17H24ClN3O2/c1-13-10-14(7-8-15(13)18)23-9-5-6-16(22)20-17(2,11-19)12-21(3)4/h7-8,10H,5-6,9,12H2,1-4H3,(H,20,22). The maximum atomic E-state index is 12.0. The number of amides is 1. The number of nitrogens with zero attached hydrogens (tertiary/aromatic N) is 2. The van der Waals surface area contributed by atoms with E-state index >= 15 is 0 Å². The number of hydrogen-bond acceptors (Lipinski definition) is 4. The van der Waals surface area contributed by atoms with Crippen molar-refractivity contribution < 1.29 is 9.53 Å².